The van der Waals surface area contributed by atoms with Crippen LogP contribution < -0.4 is 19.8 Å². The molecule has 0 radical (unpaired) electrons. The Balaban J connectivity index is 1.29. The summed E-state index contributed by atoms with van der Waals surface area (Å²) in [5.41, 5.74) is 2.22. The molecule has 3 aromatic rings. The van der Waals surface area contributed by atoms with Gasteiger partial charge in [-0.25, -0.2) is 27.0 Å². The molecule has 5 aliphatic rings. The van der Waals surface area contributed by atoms with Crippen molar-refractivity contribution in [2.75, 3.05) is 47.2 Å². The lowest BCUT2D eigenvalue weighted by molar-refractivity contribution is -0.585. The predicted molar refractivity (Wildman–Crippen MR) is 155 cm³/mol. The number of fused-ring (bicyclic) bond motifs is 4. The average molecular weight is 615 g/mol. The Labute approximate surface area is 248 Å². The third kappa shape index (κ3) is 5.69. The number of benzene rings is 1. The van der Waals surface area contributed by atoms with Gasteiger partial charge in [-0.15, -0.1) is 10.2 Å². The quantitative estimate of drug-likeness (QED) is 0.456. The number of rotatable bonds is 3. The number of hydrogen-bond donors (Lipinski definition) is 2. The summed E-state index contributed by atoms with van der Waals surface area (Å²) in [7, 11) is -3.46. The molecule has 1 amide bonds. The Bertz CT molecular complexity index is 1670. The summed E-state index contributed by atoms with van der Waals surface area (Å²) in [6.07, 6.45) is 3.84. The van der Waals surface area contributed by atoms with Crippen LogP contribution in [-0.4, -0.2) is 73.4 Å². The van der Waals surface area contributed by atoms with Gasteiger partial charge in [-0.3, -0.25) is 10.0 Å². The van der Waals surface area contributed by atoms with Crippen LogP contribution in [0.5, 0.6) is 0 Å². The number of carbonyl (C=O) groups is 1. The van der Waals surface area contributed by atoms with Gasteiger partial charge in [0.15, 0.2) is 0 Å². The van der Waals surface area contributed by atoms with E-state index in [-0.39, 0.29) is 34.9 Å². The Hall–Kier alpha value is -3.65. The number of nitrogens with two attached hydrogens (primary N) is 1. The molecular formula is C29H34F2N7O4S+. The second-order valence-corrected chi connectivity index (χ2v) is 14.6. The molecule has 14 heteroatoms. The largest absolute Gasteiger partial charge is 0.416 e. The minimum atomic E-state index is -3.46. The number of amides is 1. The normalized spacial score (nSPS) is 25.6. The highest BCUT2D eigenvalue weighted by Gasteiger charge is 2.45. The van der Waals surface area contributed by atoms with E-state index in [9.17, 15) is 22.0 Å². The van der Waals surface area contributed by atoms with E-state index >= 15 is 0 Å². The van der Waals surface area contributed by atoms with Gasteiger partial charge < -0.3 is 14.2 Å². The average Bonchev–Trinajstić information content (AvgIpc) is 3.73. The van der Waals surface area contributed by atoms with Crippen molar-refractivity contribution >= 4 is 33.1 Å². The fourth-order valence-corrected chi connectivity index (χ4v) is 7.69. The number of halogens is 2. The van der Waals surface area contributed by atoms with E-state index in [1.54, 1.807) is 29.6 Å². The number of aromatic nitrogens is 3. The maximum Gasteiger partial charge on any atom is 0.315 e. The van der Waals surface area contributed by atoms with Crippen LogP contribution >= 0.6 is 0 Å². The highest BCUT2D eigenvalue weighted by atomic mass is 32.2. The topological polar surface area (TPSA) is 138 Å². The van der Waals surface area contributed by atoms with E-state index in [0.29, 0.717) is 55.1 Å². The van der Waals surface area contributed by atoms with Crippen molar-refractivity contribution in [1.29, 1.82) is 0 Å². The first kappa shape index (κ1) is 28.1. The lowest BCUT2D eigenvalue weighted by atomic mass is 9.79. The van der Waals surface area contributed by atoms with Crippen molar-refractivity contribution in [2.24, 2.45) is 11.3 Å². The summed E-state index contributed by atoms with van der Waals surface area (Å²) >= 11 is 0. The van der Waals surface area contributed by atoms with Crippen molar-refractivity contribution in [3.8, 4) is 22.9 Å². The smallest absolute Gasteiger partial charge is 0.315 e. The number of alkyl halides is 2. The van der Waals surface area contributed by atoms with Crippen LogP contribution in [0.3, 0.4) is 0 Å². The third-order valence-electron chi connectivity index (χ3n) is 9.11. The molecule has 8 bridgehead atoms. The Morgan fingerprint density at radius 2 is 1.84 bits per heavy atom. The molecule has 1 aromatic carbocycles. The molecule has 228 valence electrons. The summed E-state index contributed by atoms with van der Waals surface area (Å²) in [4.78, 5) is 21.2. The van der Waals surface area contributed by atoms with Crippen molar-refractivity contribution < 1.29 is 31.7 Å². The van der Waals surface area contributed by atoms with E-state index < -0.39 is 34.8 Å². The van der Waals surface area contributed by atoms with Crippen LogP contribution in [0.4, 0.5) is 26.0 Å². The molecule has 1 unspecified atom stereocenters. The van der Waals surface area contributed by atoms with Crippen LogP contribution in [0.25, 0.3) is 22.9 Å². The van der Waals surface area contributed by atoms with Crippen LogP contribution in [0.15, 0.2) is 40.9 Å². The summed E-state index contributed by atoms with van der Waals surface area (Å²) in [6.45, 7) is 3.53. The first-order chi connectivity index (χ1) is 20.5. The highest BCUT2D eigenvalue weighted by molar-refractivity contribution is 7.93. The van der Waals surface area contributed by atoms with E-state index in [1.165, 1.54) is 11.1 Å². The van der Waals surface area contributed by atoms with Gasteiger partial charge in [-0.1, -0.05) is 6.92 Å². The zero-order valence-electron chi connectivity index (χ0n) is 23.8. The number of hydrogen-bond acceptors (Lipinski definition) is 9. The van der Waals surface area contributed by atoms with Gasteiger partial charge in [0.05, 0.1) is 41.2 Å². The van der Waals surface area contributed by atoms with Crippen molar-refractivity contribution in [3.05, 3.63) is 36.5 Å². The Morgan fingerprint density at radius 3 is 2.60 bits per heavy atom. The fraction of sp³-hybridized carbons (Fsp3) is 0.517. The van der Waals surface area contributed by atoms with Crippen LogP contribution in [-0.2, 0) is 14.8 Å². The molecule has 43 heavy (non-hydrogen) atoms. The third-order valence-corrected chi connectivity index (χ3v) is 11.0. The highest BCUT2D eigenvalue weighted by Crippen LogP contribution is 2.40. The molecule has 8 rings (SSSR count). The predicted octanol–water partition coefficient (Wildman–Crippen LogP) is 2.87. The molecule has 6 heterocycles. The number of piperidine rings is 2. The molecule has 3 fully saturated rings. The number of nitrogens with zero attached hydrogens (tertiary/aromatic N) is 5. The number of pyridine rings is 1. The van der Waals surface area contributed by atoms with Gasteiger partial charge in [0, 0.05) is 43.2 Å². The fourth-order valence-electron chi connectivity index (χ4n) is 6.31. The van der Waals surface area contributed by atoms with E-state index in [4.69, 9.17) is 4.42 Å². The second kappa shape index (κ2) is 10.2. The standard InChI is InChI=1S/C29H33F2N7O4S/c1-28-7-10-37(11-8-28)23-13-20(36-43(40,41)21-3-4-21)2-5-22(23)27-35-34-26(42-27)18-6-9-32-24(12-18)38-15-19(25(39)33-16-28)14-29(30,31)17-38/h2,5-6,9,12-13,19,21,36H,3-4,7-8,10-11,14-17H2,1H3,(H,33,39)/p+1. The number of carbonyl (C=O) groups excluding carboxylic acids is 1. The van der Waals surface area contributed by atoms with Gasteiger partial charge in [-0.05, 0) is 56.0 Å². The lowest BCUT2D eigenvalue weighted by Crippen LogP contribution is -2.92. The number of nitrogens with one attached hydrogen (secondary N) is 1. The first-order valence-electron chi connectivity index (χ1n) is 14.7. The molecule has 3 N–H and O–H groups in total. The lowest BCUT2D eigenvalue weighted by Gasteiger charge is -2.40. The van der Waals surface area contributed by atoms with Gasteiger partial charge in [0.25, 0.3) is 5.92 Å². The SMILES string of the molecule is CC12CCN(CC1)c1cc(NS(=O)(=O)C3CC3)ccc1-c1nnc(o1)-c1ccnc(c1)N1CC(CC(F)(F)C1)C(=O)[NH2+]C2. The zero-order valence-corrected chi connectivity index (χ0v) is 24.6. The number of quaternary nitrogens is 1. The Morgan fingerprint density at radius 1 is 1.07 bits per heavy atom. The van der Waals surface area contributed by atoms with Gasteiger partial charge in [0.1, 0.15) is 5.82 Å². The summed E-state index contributed by atoms with van der Waals surface area (Å²) < 4.78 is 64.0. The Kier molecular flexibility index (Phi) is 6.69. The van der Waals surface area contributed by atoms with E-state index in [1.807, 2.05) is 6.07 Å². The molecule has 1 saturated carbocycles. The minimum absolute atomic E-state index is 0.154. The van der Waals surface area contributed by atoms with Gasteiger partial charge >= 0.3 is 5.91 Å². The molecule has 2 aromatic heterocycles. The van der Waals surface area contributed by atoms with Crippen LogP contribution in [0.2, 0.25) is 0 Å². The number of primary amides is 1. The first-order valence-corrected chi connectivity index (χ1v) is 16.2. The molecule has 2 saturated heterocycles. The zero-order chi connectivity index (χ0) is 30.0. The van der Waals surface area contributed by atoms with Crippen molar-refractivity contribution in [2.45, 2.75) is 50.2 Å². The number of sulfonamides is 1. The van der Waals surface area contributed by atoms with Crippen LogP contribution in [0.1, 0.15) is 39.0 Å². The summed E-state index contributed by atoms with van der Waals surface area (Å²) in [5.74, 6) is -3.37. The maximum atomic E-state index is 14.9. The van der Waals surface area contributed by atoms with Crippen LogP contribution in [0, 0.1) is 11.3 Å². The molecule has 4 aliphatic heterocycles. The van der Waals surface area contributed by atoms with Crippen molar-refractivity contribution in [1.82, 2.24) is 15.2 Å². The molecule has 1 aliphatic carbocycles. The van der Waals surface area contributed by atoms with E-state index in [0.717, 1.165) is 18.5 Å². The summed E-state index contributed by atoms with van der Waals surface area (Å²) in [5, 5.41) is 9.83. The second-order valence-electron chi connectivity index (χ2n) is 12.6. The molecule has 1 atom stereocenters. The number of anilines is 3. The molecule has 0 spiro atoms. The minimum Gasteiger partial charge on any atom is -0.416 e. The summed E-state index contributed by atoms with van der Waals surface area (Å²) in [6, 6.07) is 8.58. The maximum absolute atomic E-state index is 14.9. The van der Waals surface area contributed by atoms with Crippen molar-refractivity contribution in [3.63, 3.8) is 0 Å². The van der Waals surface area contributed by atoms with E-state index in [2.05, 4.69) is 31.7 Å². The van der Waals surface area contributed by atoms with Gasteiger partial charge in [0.2, 0.25) is 21.8 Å². The monoisotopic (exact) mass is 614 g/mol. The molecule has 11 nitrogen and oxygen atoms in total. The molecular weight excluding hydrogens is 580 g/mol. The van der Waals surface area contributed by atoms with Gasteiger partial charge in [-0.2, -0.15) is 0 Å².